The number of nitrogens with zero attached hydrogens (tertiary/aromatic N) is 4. The second-order valence-electron chi connectivity index (χ2n) is 8.18. The fourth-order valence-corrected chi connectivity index (χ4v) is 2.56. The monoisotopic (exact) mass is 362 g/mol. The standard InChI is InChI=1S/C18H42N4O3/c1-15(2,23-13)21(11)17(5,19(7)8)25-18(6,20(9)10)22(12)16(3,4)24-14/h1-14H3. The van der Waals surface area contributed by atoms with Gasteiger partial charge < -0.3 is 14.2 Å². The molecule has 0 bridgehead atoms. The van der Waals surface area contributed by atoms with Gasteiger partial charge in [0.2, 0.25) is 0 Å². The van der Waals surface area contributed by atoms with Gasteiger partial charge in [-0.05, 0) is 83.8 Å². The molecule has 2 atom stereocenters. The molecule has 0 aromatic rings. The molecule has 7 nitrogen and oxygen atoms in total. The van der Waals surface area contributed by atoms with Crippen molar-refractivity contribution in [3.8, 4) is 0 Å². The molecule has 0 aromatic heterocycles. The van der Waals surface area contributed by atoms with Crippen molar-refractivity contribution in [2.45, 2.75) is 64.7 Å². The Bertz CT molecular complexity index is 391. The molecule has 7 heteroatoms. The number of rotatable bonds is 10. The fraction of sp³-hybridized carbons (Fsp3) is 1.00. The van der Waals surface area contributed by atoms with E-state index >= 15 is 0 Å². The van der Waals surface area contributed by atoms with Crippen LogP contribution in [0.3, 0.4) is 0 Å². The smallest absolute Gasteiger partial charge is 0.181 e. The molecule has 0 spiro atoms. The third kappa shape index (κ3) is 4.91. The summed E-state index contributed by atoms with van der Waals surface area (Å²) in [6.45, 7) is 12.2. The molecule has 0 amide bonds. The summed E-state index contributed by atoms with van der Waals surface area (Å²) in [5, 5.41) is 0. The van der Waals surface area contributed by atoms with Crippen molar-refractivity contribution < 1.29 is 14.2 Å². The Kier molecular flexibility index (Phi) is 8.08. The number of methoxy groups -OCH3 is 2. The molecule has 0 saturated carbocycles. The first-order chi connectivity index (χ1) is 11.0. The Labute approximate surface area is 155 Å². The molecule has 152 valence electrons. The average Bonchev–Trinajstić information content (AvgIpc) is 2.52. The van der Waals surface area contributed by atoms with Crippen LogP contribution < -0.4 is 0 Å². The van der Waals surface area contributed by atoms with Crippen LogP contribution in [0.5, 0.6) is 0 Å². The lowest BCUT2D eigenvalue weighted by atomic mass is 10.2. The van der Waals surface area contributed by atoms with E-state index in [1.807, 2.05) is 93.6 Å². The summed E-state index contributed by atoms with van der Waals surface area (Å²) in [6.07, 6.45) is 0. The van der Waals surface area contributed by atoms with Gasteiger partial charge in [0.05, 0.1) is 0 Å². The van der Waals surface area contributed by atoms with E-state index in [0.717, 1.165) is 0 Å². The minimum Gasteiger partial charge on any atom is -0.364 e. The van der Waals surface area contributed by atoms with E-state index in [1.165, 1.54) is 0 Å². The fourth-order valence-electron chi connectivity index (χ4n) is 2.56. The third-order valence-electron chi connectivity index (χ3n) is 5.91. The third-order valence-corrected chi connectivity index (χ3v) is 5.91. The van der Waals surface area contributed by atoms with E-state index < -0.39 is 23.1 Å². The van der Waals surface area contributed by atoms with Crippen LogP contribution >= 0.6 is 0 Å². The van der Waals surface area contributed by atoms with Gasteiger partial charge in [0.15, 0.2) is 11.7 Å². The maximum absolute atomic E-state index is 6.79. The molecule has 2 unspecified atom stereocenters. The molecule has 0 aliphatic heterocycles. The van der Waals surface area contributed by atoms with Crippen molar-refractivity contribution in [3.63, 3.8) is 0 Å². The molecule has 0 aliphatic rings. The number of hydrogen-bond donors (Lipinski definition) is 0. The van der Waals surface area contributed by atoms with E-state index in [-0.39, 0.29) is 0 Å². The highest BCUT2D eigenvalue weighted by Gasteiger charge is 2.50. The van der Waals surface area contributed by atoms with Crippen molar-refractivity contribution in [2.24, 2.45) is 0 Å². The predicted octanol–water partition coefficient (Wildman–Crippen LogP) is 2.10. The summed E-state index contributed by atoms with van der Waals surface area (Å²) in [7, 11) is 15.4. The van der Waals surface area contributed by atoms with Crippen molar-refractivity contribution in [3.05, 3.63) is 0 Å². The Morgan fingerprint density at radius 1 is 0.520 bits per heavy atom. The van der Waals surface area contributed by atoms with E-state index in [1.54, 1.807) is 14.2 Å². The highest BCUT2D eigenvalue weighted by Crippen LogP contribution is 2.35. The average molecular weight is 363 g/mol. The van der Waals surface area contributed by atoms with Crippen LogP contribution in [0.2, 0.25) is 0 Å². The van der Waals surface area contributed by atoms with Crippen molar-refractivity contribution in [2.75, 3.05) is 56.5 Å². The molecular formula is C18H42N4O3. The van der Waals surface area contributed by atoms with Crippen molar-refractivity contribution in [1.29, 1.82) is 0 Å². The van der Waals surface area contributed by atoms with Gasteiger partial charge in [-0.25, -0.2) is 9.80 Å². The van der Waals surface area contributed by atoms with Crippen molar-refractivity contribution in [1.82, 2.24) is 19.6 Å². The van der Waals surface area contributed by atoms with Crippen LogP contribution in [0.4, 0.5) is 0 Å². The van der Waals surface area contributed by atoms with Gasteiger partial charge in [-0.15, -0.1) is 0 Å². The maximum atomic E-state index is 6.79. The number of hydrogen-bond acceptors (Lipinski definition) is 7. The minimum atomic E-state index is -0.739. The zero-order valence-corrected chi connectivity index (χ0v) is 19.0. The molecule has 0 fully saturated rings. The first kappa shape index (κ1) is 24.7. The lowest BCUT2D eigenvalue weighted by Gasteiger charge is -2.57. The van der Waals surface area contributed by atoms with Gasteiger partial charge in [0.25, 0.3) is 0 Å². The van der Waals surface area contributed by atoms with E-state index in [4.69, 9.17) is 14.2 Å². The summed E-state index contributed by atoms with van der Waals surface area (Å²) in [5.74, 6) is -1.48. The van der Waals surface area contributed by atoms with Crippen LogP contribution in [0, 0.1) is 0 Å². The Morgan fingerprint density at radius 2 is 0.760 bits per heavy atom. The molecule has 0 N–H and O–H groups in total. The van der Waals surface area contributed by atoms with Crippen LogP contribution in [-0.2, 0) is 14.2 Å². The van der Waals surface area contributed by atoms with Gasteiger partial charge in [-0.1, -0.05) is 0 Å². The first-order valence-corrected chi connectivity index (χ1v) is 8.66. The second kappa shape index (κ2) is 8.17. The van der Waals surface area contributed by atoms with Crippen LogP contribution in [0.25, 0.3) is 0 Å². The SMILES string of the molecule is COC(C)(C)N(C)C(C)(OC(C)(N(C)C)N(C)C(C)(C)OC)N(C)C. The van der Waals surface area contributed by atoms with Crippen molar-refractivity contribution >= 4 is 0 Å². The highest BCUT2D eigenvalue weighted by atomic mass is 16.6. The maximum Gasteiger partial charge on any atom is 0.181 e. The molecule has 0 radical (unpaired) electrons. The van der Waals surface area contributed by atoms with Gasteiger partial charge in [0.1, 0.15) is 11.4 Å². The second-order valence-corrected chi connectivity index (χ2v) is 8.18. The Hall–Kier alpha value is -0.280. The summed E-state index contributed by atoms with van der Waals surface area (Å²) in [6, 6.07) is 0. The van der Waals surface area contributed by atoms with E-state index in [0.29, 0.717) is 0 Å². The van der Waals surface area contributed by atoms with Gasteiger partial charge in [0, 0.05) is 14.2 Å². The molecule has 0 rings (SSSR count). The Morgan fingerprint density at radius 3 is 0.920 bits per heavy atom. The highest BCUT2D eigenvalue weighted by molar-refractivity contribution is 4.86. The van der Waals surface area contributed by atoms with Crippen LogP contribution in [0.1, 0.15) is 41.5 Å². The predicted molar refractivity (Wildman–Crippen MR) is 103 cm³/mol. The van der Waals surface area contributed by atoms with E-state index in [9.17, 15) is 0 Å². The normalized spacial score (nSPS) is 19.0. The lowest BCUT2D eigenvalue weighted by molar-refractivity contribution is -0.387. The largest absolute Gasteiger partial charge is 0.364 e. The molecule has 0 saturated heterocycles. The zero-order valence-electron chi connectivity index (χ0n) is 19.0. The van der Waals surface area contributed by atoms with Gasteiger partial charge >= 0.3 is 0 Å². The summed E-state index contributed by atoms with van der Waals surface area (Å²) in [5.41, 5.74) is -1.02. The van der Waals surface area contributed by atoms with Crippen LogP contribution in [0.15, 0.2) is 0 Å². The number of ether oxygens (including phenoxy) is 3. The van der Waals surface area contributed by atoms with Crippen LogP contribution in [-0.4, -0.2) is 99.3 Å². The van der Waals surface area contributed by atoms with E-state index in [2.05, 4.69) is 9.80 Å². The quantitative estimate of drug-likeness (QED) is 0.551. The minimum absolute atomic E-state index is 0.512. The summed E-state index contributed by atoms with van der Waals surface area (Å²) < 4.78 is 18.2. The summed E-state index contributed by atoms with van der Waals surface area (Å²) in [4.78, 5) is 8.25. The molecule has 0 aromatic carbocycles. The topological polar surface area (TPSA) is 40.7 Å². The molecule has 25 heavy (non-hydrogen) atoms. The van der Waals surface area contributed by atoms with Gasteiger partial charge in [-0.2, -0.15) is 0 Å². The molecule has 0 heterocycles. The Balaban J connectivity index is 6.08. The summed E-state index contributed by atoms with van der Waals surface area (Å²) >= 11 is 0. The zero-order chi connectivity index (χ0) is 20.4. The first-order valence-electron chi connectivity index (χ1n) is 8.66. The molecular weight excluding hydrogens is 320 g/mol. The molecule has 0 aliphatic carbocycles. The van der Waals surface area contributed by atoms with Gasteiger partial charge in [-0.3, -0.25) is 9.80 Å². The lowest BCUT2D eigenvalue weighted by Crippen LogP contribution is -2.72.